The summed E-state index contributed by atoms with van der Waals surface area (Å²) in [5.74, 6) is -0.229. The number of fused-ring (bicyclic) bond motifs is 1. The van der Waals surface area contributed by atoms with Gasteiger partial charge in [0.2, 0.25) is 0 Å². The van der Waals surface area contributed by atoms with E-state index in [1.807, 2.05) is 6.07 Å². The van der Waals surface area contributed by atoms with Gasteiger partial charge in [0.15, 0.2) is 0 Å². The van der Waals surface area contributed by atoms with Crippen molar-refractivity contribution in [3.05, 3.63) is 29.6 Å². The number of carbonyl (C=O) groups is 3. The lowest BCUT2D eigenvalue weighted by Gasteiger charge is -2.29. The van der Waals surface area contributed by atoms with Gasteiger partial charge in [-0.1, -0.05) is 6.07 Å². The molecule has 0 bridgehead atoms. The lowest BCUT2D eigenvalue weighted by molar-refractivity contribution is -0.113. The van der Waals surface area contributed by atoms with Crippen molar-refractivity contribution in [2.75, 3.05) is 13.6 Å². The molecule has 7 nitrogen and oxygen atoms in total. The second-order valence-corrected chi connectivity index (χ2v) is 4.91. The summed E-state index contributed by atoms with van der Waals surface area (Å²) in [6, 6.07) is 3.11. The number of hydrogen-bond acceptors (Lipinski definition) is 4. The van der Waals surface area contributed by atoms with E-state index in [1.54, 1.807) is 19.2 Å². The molecule has 3 amide bonds. The smallest absolute Gasteiger partial charge is 0.315 e. The van der Waals surface area contributed by atoms with Crippen LogP contribution in [0.4, 0.5) is 4.79 Å². The third kappa shape index (κ3) is 2.61. The molecule has 1 aliphatic heterocycles. The van der Waals surface area contributed by atoms with Gasteiger partial charge < -0.3 is 20.3 Å². The van der Waals surface area contributed by atoms with Crippen LogP contribution in [0.3, 0.4) is 0 Å². The lowest BCUT2D eigenvalue weighted by Crippen LogP contribution is -2.56. The average molecular weight is 276 g/mol. The van der Waals surface area contributed by atoms with E-state index in [4.69, 9.17) is 0 Å². The van der Waals surface area contributed by atoms with Gasteiger partial charge in [-0.25, -0.2) is 4.79 Å². The van der Waals surface area contributed by atoms with Crippen molar-refractivity contribution in [3.63, 3.8) is 0 Å². The van der Waals surface area contributed by atoms with E-state index in [-0.39, 0.29) is 12.5 Å². The zero-order chi connectivity index (χ0) is 14.8. The molecule has 7 heteroatoms. The summed E-state index contributed by atoms with van der Waals surface area (Å²) in [6.07, 6.45) is 2.19. The molecule has 1 aliphatic rings. The fourth-order valence-electron chi connectivity index (χ4n) is 2.14. The molecular formula is C13H16N4O3. The van der Waals surface area contributed by atoms with E-state index in [0.717, 1.165) is 5.56 Å². The second-order valence-electron chi connectivity index (χ2n) is 4.91. The van der Waals surface area contributed by atoms with Crippen molar-refractivity contribution in [1.82, 2.24) is 20.5 Å². The van der Waals surface area contributed by atoms with Crippen molar-refractivity contribution < 1.29 is 14.4 Å². The normalized spacial score (nSPS) is 16.3. The van der Waals surface area contributed by atoms with Crippen LogP contribution in [0.15, 0.2) is 18.3 Å². The molecular weight excluding hydrogens is 260 g/mol. The number of pyridine rings is 1. The van der Waals surface area contributed by atoms with Gasteiger partial charge in [-0.2, -0.15) is 0 Å². The molecule has 2 heterocycles. The Morgan fingerprint density at radius 2 is 2.35 bits per heavy atom. The topological polar surface area (TPSA) is 91.4 Å². The van der Waals surface area contributed by atoms with E-state index >= 15 is 0 Å². The summed E-state index contributed by atoms with van der Waals surface area (Å²) in [7, 11) is 1.46. The van der Waals surface area contributed by atoms with Crippen LogP contribution in [0.25, 0.3) is 0 Å². The predicted molar refractivity (Wildman–Crippen MR) is 71.0 cm³/mol. The molecule has 1 aromatic heterocycles. The van der Waals surface area contributed by atoms with E-state index in [2.05, 4.69) is 15.6 Å². The Bertz CT molecular complexity index is 560. The maximum Gasteiger partial charge on any atom is 0.315 e. The first-order valence-electron chi connectivity index (χ1n) is 6.18. The van der Waals surface area contributed by atoms with Crippen molar-refractivity contribution in [2.45, 2.75) is 19.0 Å². The van der Waals surface area contributed by atoms with E-state index in [1.165, 1.54) is 11.9 Å². The molecule has 2 rings (SSSR count). The molecule has 1 unspecified atom stereocenters. The van der Waals surface area contributed by atoms with Gasteiger partial charge in [-0.15, -0.1) is 0 Å². The minimum atomic E-state index is -1.14. The van der Waals surface area contributed by atoms with Crippen LogP contribution in [0, 0.1) is 0 Å². The van der Waals surface area contributed by atoms with Crippen LogP contribution in [0.5, 0.6) is 0 Å². The van der Waals surface area contributed by atoms with Crippen LogP contribution in [0.1, 0.15) is 23.0 Å². The van der Waals surface area contributed by atoms with E-state index in [0.29, 0.717) is 18.5 Å². The number of amides is 3. The Morgan fingerprint density at radius 1 is 1.60 bits per heavy atom. The molecule has 0 fully saturated rings. The minimum Gasteiger partial charge on any atom is -0.341 e. The number of nitrogens with zero attached hydrogens (tertiary/aromatic N) is 2. The Hall–Kier alpha value is -2.44. The largest absolute Gasteiger partial charge is 0.341 e. The van der Waals surface area contributed by atoms with Crippen LogP contribution < -0.4 is 10.6 Å². The zero-order valence-electron chi connectivity index (χ0n) is 11.3. The average Bonchev–Trinajstić information content (AvgIpc) is 2.75. The molecule has 0 radical (unpaired) electrons. The molecule has 0 spiro atoms. The van der Waals surface area contributed by atoms with Gasteiger partial charge in [0.1, 0.15) is 17.5 Å². The van der Waals surface area contributed by atoms with Gasteiger partial charge >= 0.3 is 6.03 Å². The Labute approximate surface area is 116 Å². The molecule has 1 atom stereocenters. The highest BCUT2D eigenvalue weighted by atomic mass is 16.2. The quantitative estimate of drug-likeness (QED) is 0.753. The maximum atomic E-state index is 12.2. The zero-order valence-corrected chi connectivity index (χ0v) is 11.3. The number of aldehydes is 1. The number of aromatic nitrogens is 1. The number of rotatable bonds is 4. The second kappa shape index (κ2) is 5.28. The van der Waals surface area contributed by atoms with E-state index in [9.17, 15) is 14.4 Å². The molecule has 20 heavy (non-hydrogen) atoms. The van der Waals surface area contributed by atoms with Crippen molar-refractivity contribution >= 4 is 18.2 Å². The molecule has 106 valence electrons. The summed E-state index contributed by atoms with van der Waals surface area (Å²) in [4.78, 5) is 40.3. The standard InChI is InChI=1S/C13H16N4O3/c1-13(8-18,16-12(20)14-2)7-17-6-9-4-3-5-15-10(9)11(17)19/h3-5,8H,6-7H2,1-2H3,(H2,14,16,20). The summed E-state index contributed by atoms with van der Waals surface area (Å²) in [5.41, 5.74) is 0.0871. The Morgan fingerprint density at radius 3 is 2.95 bits per heavy atom. The number of nitrogens with one attached hydrogen (secondary N) is 2. The summed E-state index contributed by atoms with van der Waals surface area (Å²) < 4.78 is 0. The molecule has 0 saturated heterocycles. The number of carbonyl (C=O) groups excluding carboxylic acids is 3. The number of hydrogen-bond donors (Lipinski definition) is 2. The van der Waals surface area contributed by atoms with Crippen LogP contribution in [-0.2, 0) is 11.3 Å². The SMILES string of the molecule is CNC(=O)NC(C)(C=O)CN1Cc2cccnc2C1=O. The van der Waals surface area contributed by atoms with Crippen molar-refractivity contribution in [2.24, 2.45) is 0 Å². The fourth-order valence-corrected chi connectivity index (χ4v) is 2.14. The first-order valence-corrected chi connectivity index (χ1v) is 6.18. The number of urea groups is 1. The highest BCUT2D eigenvalue weighted by Gasteiger charge is 2.35. The minimum absolute atomic E-state index is 0.0963. The molecule has 2 N–H and O–H groups in total. The van der Waals surface area contributed by atoms with Crippen LogP contribution in [0.2, 0.25) is 0 Å². The van der Waals surface area contributed by atoms with Crippen LogP contribution >= 0.6 is 0 Å². The van der Waals surface area contributed by atoms with Gasteiger partial charge in [0, 0.05) is 25.4 Å². The van der Waals surface area contributed by atoms with Gasteiger partial charge in [-0.05, 0) is 13.0 Å². The van der Waals surface area contributed by atoms with Gasteiger partial charge in [-0.3, -0.25) is 9.78 Å². The first-order chi connectivity index (χ1) is 9.49. The highest BCUT2D eigenvalue weighted by molar-refractivity contribution is 5.96. The summed E-state index contributed by atoms with van der Waals surface area (Å²) in [6.45, 7) is 2.05. The van der Waals surface area contributed by atoms with Crippen molar-refractivity contribution in [3.8, 4) is 0 Å². The molecule has 1 aromatic rings. The molecule has 0 saturated carbocycles. The Kier molecular flexibility index (Phi) is 3.69. The predicted octanol–water partition coefficient (Wildman–Crippen LogP) is -0.0760. The fraction of sp³-hybridized carbons (Fsp3) is 0.385. The molecule has 0 aliphatic carbocycles. The van der Waals surface area contributed by atoms with Gasteiger partial charge in [0.25, 0.3) is 5.91 Å². The molecule has 0 aromatic carbocycles. The van der Waals surface area contributed by atoms with Crippen LogP contribution in [-0.4, -0.2) is 47.2 Å². The first kappa shape index (κ1) is 14.0. The van der Waals surface area contributed by atoms with E-state index < -0.39 is 11.6 Å². The third-order valence-corrected chi connectivity index (χ3v) is 3.15. The maximum absolute atomic E-state index is 12.2. The highest BCUT2D eigenvalue weighted by Crippen LogP contribution is 2.21. The summed E-state index contributed by atoms with van der Waals surface area (Å²) in [5, 5.41) is 4.92. The summed E-state index contributed by atoms with van der Waals surface area (Å²) >= 11 is 0. The van der Waals surface area contributed by atoms with Crippen molar-refractivity contribution in [1.29, 1.82) is 0 Å². The Balaban J connectivity index is 2.13. The third-order valence-electron chi connectivity index (χ3n) is 3.15. The van der Waals surface area contributed by atoms with Gasteiger partial charge in [0.05, 0.1) is 6.54 Å². The lowest BCUT2D eigenvalue weighted by atomic mass is 10.0. The monoisotopic (exact) mass is 276 g/mol.